The number of aliphatic hydroxyl groups excluding tert-OH is 1. The van der Waals surface area contributed by atoms with Crippen LogP contribution in [0.5, 0.6) is 0 Å². The van der Waals surface area contributed by atoms with Crippen molar-refractivity contribution in [2.24, 2.45) is 0 Å². The molecule has 1 aliphatic carbocycles. The molecule has 1 saturated carbocycles. The Labute approximate surface area is 88.1 Å². The van der Waals surface area contributed by atoms with Gasteiger partial charge in [0.2, 0.25) is 0 Å². The van der Waals surface area contributed by atoms with Crippen LogP contribution < -0.4 is 5.32 Å². The number of hydrogen-bond acceptors (Lipinski definition) is 2. The van der Waals surface area contributed by atoms with Crippen molar-refractivity contribution in [2.75, 3.05) is 0 Å². The molecule has 2 nitrogen and oxygen atoms in total. The molecular formula is C12H25NO. The zero-order valence-corrected chi connectivity index (χ0v) is 9.84. The van der Waals surface area contributed by atoms with Gasteiger partial charge in [0.1, 0.15) is 0 Å². The fourth-order valence-electron chi connectivity index (χ4n) is 2.48. The molecule has 2 N–H and O–H groups in total. The topological polar surface area (TPSA) is 32.3 Å². The van der Waals surface area contributed by atoms with E-state index in [1.165, 1.54) is 25.7 Å². The van der Waals surface area contributed by atoms with Gasteiger partial charge in [-0.1, -0.05) is 26.2 Å². The number of rotatable bonds is 4. The van der Waals surface area contributed by atoms with E-state index in [0.29, 0.717) is 6.04 Å². The molecule has 14 heavy (non-hydrogen) atoms. The molecule has 2 heteroatoms. The summed E-state index contributed by atoms with van der Waals surface area (Å²) in [6.07, 6.45) is 6.80. The molecule has 1 aliphatic rings. The van der Waals surface area contributed by atoms with E-state index in [-0.39, 0.29) is 11.6 Å². The van der Waals surface area contributed by atoms with Crippen LogP contribution in [0.2, 0.25) is 0 Å². The standard InChI is InChI=1S/C12H25NO/c1-4-9-12(2,3)13-10-7-5-6-8-11(10)14/h10-11,13-14H,4-9H2,1-3H3. The van der Waals surface area contributed by atoms with Crippen LogP contribution in [-0.4, -0.2) is 22.8 Å². The minimum Gasteiger partial charge on any atom is -0.392 e. The van der Waals surface area contributed by atoms with Crippen molar-refractivity contribution >= 4 is 0 Å². The van der Waals surface area contributed by atoms with Gasteiger partial charge in [-0.05, 0) is 33.1 Å². The van der Waals surface area contributed by atoms with Gasteiger partial charge in [-0.2, -0.15) is 0 Å². The Morgan fingerprint density at radius 1 is 1.29 bits per heavy atom. The Bertz CT molecular complexity index is 168. The van der Waals surface area contributed by atoms with Crippen LogP contribution in [0, 0.1) is 0 Å². The average molecular weight is 199 g/mol. The van der Waals surface area contributed by atoms with Gasteiger partial charge >= 0.3 is 0 Å². The highest BCUT2D eigenvalue weighted by Gasteiger charge is 2.28. The quantitative estimate of drug-likeness (QED) is 0.729. The molecule has 0 aromatic heterocycles. The fourth-order valence-corrected chi connectivity index (χ4v) is 2.48. The van der Waals surface area contributed by atoms with Crippen molar-refractivity contribution in [2.45, 2.75) is 77.0 Å². The van der Waals surface area contributed by atoms with E-state index in [4.69, 9.17) is 0 Å². The van der Waals surface area contributed by atoms with Crippen molar-refractivity contribution in [1.29, 1.82) is 0 Å². The highest BCUT2D eigenvalue weighted by Crippen LogP contribution is 2.22. The second-order valence-electron chi connectivity index (χ2n) is 5.24. The summed E-state index contributed by atoms with van der Waals surface area (Å²) in [5, 5.41) is 13.4. The van der Waals surface area contributed by atoms with Gasteiger partial charge in [-0.3, -0.25) is 0 Å². The first-order chi connectivity index (χ1) is 6.55. The van der Waals surface area contributed by atoms with Crippen LogP contribution in [0.25, 0.3) is 0 Å². The highest BCUT2D eigenvalue weighted by molar-refractivity contribution is 4.87. The molecule has 0 aliphatic heterocycles. The first kappa shape index (κ1) is 12.0. The Morgan fingerprint density at radius 2 is 1.93 bits per heavy atom. The van der Waals surface area contributed by atoms with Crippen molar-refractivity contribution in [3.05, 3.63) is 0 Å². The van der Waals surface area contributed by atoms with E-state index < -0.39 is 0 Å². The SMILES string of the molecule is CCCC(C)(C)NC1CCCCC1O. The van der Waals surface area contributed by atoms with Crippen LogP contribution in [0.15, 0.2) is 0 Å². The molecule has 2 atom stereocenters. The number of nitrogens with one attached hydrogen (secondary N) is 1. The maximum Gasteiger partial charge on any atom is 0.0693 e. The summed E-state index contributed by atoms with van der Waals surface area (Å²) in [4.78, 5) is 0. The molecular weight excluding hydrogens is 174 g/mol. The Balaban J connectivity index is 2.40. The Morgan fingerprint density at radius 3 is 2.50 bits per heavy atom. The van der Waals surface area contributed by atoms with E-state index >= 15 is 0 Å². The van der Waals surface area contributed by atoms with Gasteiger partial charge < -0.3 is 10.4 Å². The highest BCUT2D eigenvalue weighted by atomic mass is 16.3. The van der Waals surface area contributed by atoms with Crippen LogP contribution in [0.1, 0.15) is 59.3 Å². The summed E-state index contributed by atoms with van der Waals surface area (Å²) < 4.78 is 0. The molecule has 1 rings (SSSR count). The Hall–Kier alpha value is -0.0800. The largest absolute Gasteiger partial charge is 0.392 e. The lowest BCUT2D eigenvalue weighted by atomic mass is 9.89. The molecule has 0 aromatic carbocycles. The van der Waals surface area contributed by atoms with Crippen molar-refractivity contribution in [3.8, 4) is 0 Å². The molecule has 0 radical (unpaired) electrons. The summed E-state index contributed by atoms with van der Waals surface area (Å²) in [6.45, 7) is 6.68. The van der Waals surface area contributed by atoms with Crippen LogP contribution in [-0.2, 0) is 0 Å². The predicted octanol–water partition coefficient (Wildman–Crippen LogP) is 2.46. The molecule has 0 bridgehead atoms. The number of hydrogen-bond donors (Lipinski definition) is 2. The summed E-state index contributed by atoms with van der Waals surface area (Å²) in [6, 6.07) is 0.324. The molecule has 0 aromatic rings. The Kier molecular flexibility index (Phi) is 4.39. The smallest absolute Gasteiger partial charge is 0.0693 e. The minimum atomic E-state index is -0.125. The summed E-state index contributed by atoms with van der Waals surface area (Å²) in [5.41, 5.74) is 0.178. The molecule has 84 valence electrons. The lowest BCUT2D eigenvalue weighted by Gasteiger charge is -2.36. The minimum absolute atomic E-state index is 0.125. The predicted molar refractivity (Wildman–Crippen MR) is 60.4 cm³/mol. The third-order valence-corrected chi connectivity index (χ3v) is 3.18. The van der Waals surface area contributed by atoms with E-state index in [0.717, 1.165) is 12.8 Å². The maximum atomic E-state index is 9.84. The van der Waals surface area contributed by atoms with Gasteiger partial charge in [-0.15, -0.1) is 0 Å². The third kappa shape index (κ3) is 3.58. The zero-order chi connectivity index (χ0) is 10.6. The second-order valence-corrected chi connectivity index (χ2v) is 5.24. The maximum absolute atomic E-state index is 9.84. The van der Waals surface area contributed by atoms with E-state index in [9.17, 15) is 5.11 Å². The average Bonchev–Trinajstić information content (AvgIpc) is 2.08. The molecule has 0 amide bonds. The molecule has 0 heterocycles. The van der Waals surface area contributed by atoms with Crippen molar-refractivity contribution in [3.63, 3.8) is 0 Å². The van der Waals surface area contributed by atoms with Crippen molar-refractivity contribution in [1.82, 2.24) is 5.32 Å². The van der Waals surface area contributed by atoms with E-state index in [2.05, 4.69) is 26.1 Å². The number of aliphatic hydroxyl groups is 1. The van der Waals surface area contributed by atoms with Gasteiger partial charge in [0, 0.05) is 11.6 Å². The second kappa shape index (κ2) is 5.13. The van der Waals surface area contributed by atoms with Gasteiger partial charge in [0.15, 0.2) is 0 Å². The third-order valence-electron chi connectivity index (χ3n) is 3.18. The molecule has 1 fully saturated rings. The molecule has 0 spiro atoms. The fraction of sp³-hybridized carbons (Fsp3) is 1.00. The van der Waals surface area contributed by atoms with Gasteiger partial charge in [0.05, 0.1) is 6.10 Å². The van der Waals surface area contributed by atoms with Gasteiger partial charge in [-0.25, -0.2) is 0 Å². The summed E-state index contributed by atoms with van der Waals surface area (Å²) in [7, 11) is 0. The summed E-state index contributed by atoms with van der Waals surface area (Å²) >= 11 is 0. The lowest BCUT2D eigenvalue weighted by molar-refractivity contribution is 0.0744. The normalized spacial score (nSPS) is 29.1. The molecule has 0 saturated heterocycles. The summed E-state index contributed by atoms with van der Waals surface area (Å²) in [5.74, 6) is 0. The lowest BCUT2D eigenvalue weighted by Crippen LogP contribution is -2.52. The van der Waals surface area contributed by atoms with Crippen molar-refractivity contribution < 1.29 is 5.11 Å². The van der Waals surface area contributed by atoms with Gasteiger partial charge in [0.25, 0.3) is 0 Å². The van der Waals surface area contributed by atoms with E-state index in [1.807, 2.05) is 0 Å². The van der Waals surface area contributed by atoms with E-state index in [1.54, 1.807) is 0 Å². The van der Waals surface area contributed by atoms with Crippen LogP contribution >= 0.6 is 0 Å². The van der Waals surface area contributed by atoms with Crippen LogP contribution in [0.3, 0.4) is 0 Å². The monoisotopic (exact) mass is 199 g/mol. The zero-order valence-electron chi connectivity index (χ0n) is 9.84. The molecule has 2 unspecified atom stereocenters. The van der Waals surface area contributed by atoms with Crippen LogP contribution in [0.4, 0.5) is 0 Å². The first-order valence-electron chi connectivity index (χ1n) is 6.01. The first-order valence-corrected chi connectivity index (χ1v) is 6.01.